The highest BCUT2D eigenvalue weighted by Crippen LogP contribution is 2.16. The summed E-state index contributed by atoms with van der Waals surface area (Å²) in [6.07, 6.45) is 6.89. The van der Waals surface area contributed by atoms with Crippen LogP contribution in [0.15, 0.2) is 0 Å². The number of nitrogens with one attached hydrogen (secondary N) is 1. The average Bonchev–Trinajstić information content (AvgIpc) is 2.18. The molecule has 0 spiro atoms. The van der Waals surface area contributed by atoms with Crippen molar-refractivity contribution in [2.75, 3.05) is 19.6 Å². The fraction of sp³-hybridized carbons (Fsp3) is 1.00. The summed E-state index contributed by atoms with van der Waals surface area (Å²) in [4.78, 5) is 2.67. The molecule has 1 atom stereocenters. The normalized spacial score (nSPS) is 23.6. The van der Waals surface area contributed by atoms with Crippen LogP contribution in [-0.2, 0) is 0 Å². The smallest absolute Gasteiger partial charge is 0.00965 e. The molecule has 1 rings (SSSR count). The second kappa shape index (κ2) is 6.61. The van der Waals surface area contributed by atoms with Crippen molar-refractivity contribution in [3.63, 3.8) is 0 Å². The molecule has 0 bridgehead atoms. The Morgan fingerprint density at radius 3 is 2.56 bits per heavy atom. The summed E-state index contributed by atoms with van der Waals surface area (Å²) < 4.78 is 0. The monoisotopic (exact) mass is 226 g/mol. The van der Waals surface area contributed by atoms with Gasteiger partial charge in [-0.05, 0) is 73.0 Å². The van der Waals surface area contributed by atoms with Crippen LogP contribution in [0.5, 0.6) is 0 Å². The maximum absolute atomic E-state index is 3.55. The third-order valence-electron chi connectivity index (χ3n) is 3.47. The third-order valence-corrected chi connectivity index (χ3v) is 3.47. The van der Waals surface area contributed by atoms with Crippen LogP contribution in [0.2, 0.25) is 0 Å². The lowest BCUT2D eigenvalue weighted by molar-refractivity contribution is 0.157. The molecule has 96 valence electrons. The lowest BCUT2D eigenvalue weighted by atomic mass is 10.0. The first-order chi connectivity index (χ1) is 7.49. The number of piperidine rings is 1. The Bertz CT molecular complexity index is 184. The molecule has 1 unspecified atom stereocenters. The van der Waals surface area contributed by atoms with Crippen LogP contribution in [0, 0.1) is 0 Å². The topological polar surface area (TPSA) is 15.3 Å². The molecule has 1 aliphatic rings. The first-order valence-electron chi connectivity index (χ1n) is 6.98. The van der Waals surface area contributed by atoms with Crippen molar-refractivity contribution in [1.29, 1.82) is 0 Å². The molecule has 0 aromatic carbocycles. The summed E-state index contributed by atoms with van der Waals surface area (Å²) in [7, 11) is 0. The number of hydrogen-bond donors (Lipinski definition) is 1. The van der Waals surface area contributed by atoms with Crippen LogP contribution < -0.4 is 5.32 Å². The predicted octanol–water partition coefficient (Wildman–Crippen LogP) is 3.03. The van der Waals surface area contributed by atoms with Gasteiger partial charge in [0, 0.05) is 11.6 Å². The van der Waals surface area contributed by atoms with E-state index < -0.39 is 0 Å². The minimum absolute atomic E-state index is 0.276. The van der Waals surface area contributed by atoms with Gasteiger partial charge in [-0.2, -0.15) is 0 Å². The Labute approximate surface area is 102 Å². The van der Waals surface area contributed by atoms with Crippen LogP contribution in [0.1, 0.15) is 59.8 Å². The highest BCUT2D eigenvalue weighted by atomic mass is 15.2. The van der Waals surface area contributed by atoms with E-state index in [1.165, 1.54) is 45.2 Å². The van der Waals surface area contributed by atoms with Gasteiger partial charge >= 0.3 is 0 Å². The van der Waals surface area contributed by atoms with Crippen molar-refractivity contribution in [2.45, 2.75) is 71.4 Å². The van der Waals surface area contributed by atoms with E-state index >= 15 is 0 Å². The minimum Gasteiger partial charge on any atom is -0.312 e. The van der Waals surface area contributed by atoms with Gasteiger partial charge in [0.25, 0.3) is 0 Å². The second-order valence-electron chi connectivity index (χ2n) is 6.26. The molecule has 16 heavy (non-hydrogen) atoms. The molecule has 1 N–H and O–H groups in total. The standard InChI is InChI=1S/C14H30N2/c1-13-9-5-7-11-16(13)12-8-6-10-15-14(2,3)4/h13,15H,5-12H2,1-4H3. The molecule has 0 aliphatic carbocycles. The molecule has 2 nitrogen and oxygen atoms in total. The molecule has 1 heterocycles. The highest BCUT2D eigenvalue weighted by molar-refractivity contribution is 4.73. The lowest BCUT2D eigenvalue weighted by Crippen LogP contribution is -2.39. The molecule has 1 saturated heterocycles. The summed E-state index contributed by atoms with van der Waals surface area (Å²) in [5.74, 6) is 0. The molecule has 1 fully saturated rings. The number of nitrogens with zero attached hydrogens (tertiary/aromatic N) is 1. The molecular formula is C14H30N2. The van der Waals surface area contributed by atoms with Crippen molar-refractivity contribution < 1.29 is 0 Å². The zero-order valence-electron chi connectivity index (χ0n) is 11.7. The molecule has 0 aromatic heterocycles. The maximum atomic E-state index is 3.55. The van der Waals surface area contributed by atoms with Crippen LogP contribution >= 0.6 is 0 Å². The summed E-state index contributed by atoms with van der Waals surface area (Å²) in [5.41, 5.74) is 0.276. The zero-order chi connectivity index (χ0) is 12.0. The largest absolute Gasteiger partial charge is 0.312 e. The van der Waals surface area contributed by atoms with Crippen LogP contribution in [0.3, 0.4) is 0 Å². The van der Waals surface area contributed by atoms with E-state index in [0.717, 1.165) is 12.6 Å². The van der Waals surface area contributed by atoms with E-state index in [2.05, 4.69) is 37.9 Å². The Balaban J connectivity index is 2.02. The van der Waals surface area contributed by atoms with Crippen LogP contribution in [0.25, 0.3) is 0 Å². The van der Waals surface area contributed by atoms with E-state index in [1.54, 1.807) is 0 Å². The molecular weight excluding hydrogens is 196 g/mol. The van der Waals surface area contributed by atoms with Gasteiger partial charge in [0.05, 0.1) is 0 Å². The molecule has 0 radical (unpaired) electrons. The average molecular weight is 226 g/mol. The Kier molecular flexibility index (Phi) is 5.77. The third kappa shape index (κ3) is 5.86. The molecule has 2 heteroatoms. The molecule has 0 amide bonds. The van der Waals surface area contributed by atoms with Crippen molar-refractivity contribution in [3.8, 4) is 0 Å². The Morgan fingerprint density at radius 2 is 1.94 bits per heavy atom. The van der Waals surface area contributed by atoms with E-state index in [-0.39, 0.29) is 5.54 Å². The van der Waals surface area contributed by atoms with Crippen molar-refractivity contribution in [1.82, 2.24) is 10.2 Å². The molecule has 0 aromatic rings. The van der Waals surface area contributed by atoms with Gasteiger partial charge in [-0.15, -0.1) is 0 Å². The minimum atomic E-state index is 0.276. The maximum Gasteiger partial charge on any atom is 0.00965 e. The van der Waals surface area contributed by atoms with Gasteiger partial charge in [-0.25, -0.2) is 0 Å². The predicted molar refractivity (Wildman–Crippen MR) is 71.9 cm³/mol. The molecule has 1 aliphatic heterocycles. The van der Waals surface area contributed by atoms with Crippen molar-refractivity contribution in [3.05, 3.63) is 0 Å². The summed E-state index contributed by atoms with van der Waals surface area (Å²) in [6, 6.07) is 0.823. The highest BCUT2D eigenvalue weighted by Gasteiger charge is 2.17. The zero-order valence-corrected chi connectivity index (χ0v) is 11.7. The van der Waals surface area contributed by atoms with Gasteiger partial charge in [-0.3, -0.25) is 0 Å². The number of rotatable bonds is 5. The van der Waals surface area contributed by atoms with E-state index in [1.807, 2.05) is 0 Å². The van der Waals surface area contributed by atoms with Gasteiger partial charge in [-0.1, -0.05) is 6.42 Å². The van der Waals surface area contributed by atoms with E-state index in [0.29, 0.717) is 0 Å². The van der Waals surface area contributed by atoms with Crippen molar-refractivity contribution >= 4 is 0 Å². The lowest BCUT2D eigenvalue weighted by Gasteiger charge is -2.33. The molecule has 0 saturated carbocycles. The first kappa shape index (κ1) is 14.0. The fourth-order valence-electron chi connectivity index (χ4n) is 2.39. The SMILES string of the molecule is CC1CCCCN1CCCCNC(C)(C)C. The fourth-order valence-corrected chi connectivity index (χ4v) is 2.39. The second-order valence-corrected chi connectivity index (χ2v) is 6.26. The number of hydrogen-bond acceptors (Lipinski definition) is 2. The number of unbranched alkanes of at least 4 members (excludes halogenated alkanes) is 1. The summed E-state index contributed by atoms with van der Waals surface area (Å²) >= 11 is 0. The Hall–Kier alpha value is -0.0800. The van der Waals surface area contributed by atoms with E-state index in [4.69, 9.17) is 0 Å². The van der Waals surface area contributed by atoms with Crippen molar-refractivity contribution in [2.24, 2.45) is 0 Å². The van der Waals surface area contributed by atoms with E-state index in [9.17, 15) is 0 Å². The van der Waals surface area contributed by atoms with Gasteiger partial charge in [0.1, 0.15) is 0 Å². The first-order valence-corrected chi connectivity index (χ1v) is 6.98. The Morgan fingerprint density at radius 1 is 1.19 bits per heavy atom. The van der Waals surface area contributed by atoms with Crippen LogP contribution in [0.4, 0.5) is 0 Å². The number of likely N-dealkylation sites (tertiary alicyclic amines) is 1. The summed E-state index contributed by atoms with van der Waals surface area (Å²) in [5, 5.41) is 3.55. The quantitative estimate of drug-likeness (QED) is 0.725. The van der Waals surface area contributed by atoms with Gasteiger partial charge in [0.15, 0.2) is 0 Å². The summed E-state index contributed by atoms with van der Waals surface area (Å²) in [6.45, 7) is 12.9. The van der Waals surface area contributed by atoms with Gasteiger partial charge in [0.2, 0.25) is 0 Å². The van der Waals surface area contributed by atoms with Gasteiger partial charge < -0.3 is 10.2 Å². The van der Waals surface area contributed by atoms with Crippen LogP contribution in [-0.4, -0.2) is 36.1 Å².